The molecule has 0 fully saturated rings. The van der Waals surface area contributed by atoms with Crippen molar-refractivity contribution in [3.8, 4) is 0 Å². The number of rotatable bonds is 1. The van der Waals surface area contributed by atoms with Gasteiger partial charge >= 0.3 is 5.16 Å². The van der Waals surface area contributed by atoms with E-state index in [1.807, 2.05) is 7.05 Å². The lowest BCUT2D eigenvalue weighted by Gasteiger charge is -2.07. The first-order valence-electron chi connectivity index (χ1n) is 3.91. The predicted octanol–water partition coefficient (Wildman–Crippen LogP) is -0.138. The maximum atomic E-state index is 11.2. The average molecular weight is 201 g/mol. The van der Waals surface area contributed by atoms with Gasteiger partial charge in [0.05, 0.1) is 24.5 Å². The summed E-state index contributed by atoms with van der Waals surface area (Å²) in [5.41, 5.74) is 1.78. The van der Waals surface area contributed by atoms with Crippen molar-refractivity contribution in [1.29, 1.82) is 0 Å². The number of hydrogen-bond acceptors (Lipinski definition) is 4. The van der Waals surface area contributed by atoms with Crippen molar-refractivity contribution >= 4 is 11.2 Å². The maximum absolute atomic E-state index is 11.2. The molecule has 6 heteroatoms. The predicted molar refractivity (Wildman–Crippen MR) is 46.6 cm³/mol. The molecule has 0 aliphatic carbocycles. The van der Waals surface area contributed by atoms with Crippen LogP contribution < -0.4 is 0 Å². The zero-order valence-electron chi connectivity index (χ0n) is 7.52. The molecule has 0 saturated heterocycles. The smallest absolute Gasteiger partial charge is 0.323 e. The number of imidazole rings is 1. The van der Waals surface area contributed by atoms with Gasteiger partial charge in [-0.15, -0.1) is 0 Å². The molecule has 1 unspecified atom stereocenters. The van der Waals surface area contributed by atoms with Crippen LogP contribution in [0.2, 0.25) is 0 Å². The maximum Gasteiger partial charge on any atom is 0.323 e. The van der Waals surface area contributed by atoms with E-state index >= 15 is 0 Å². The summed E-state index contributed by atoms with van der Waals surface area (Å²) in [6.45, 7) is 0.899. The number of hydrogen-bond donors (Lipinski definition) is 1. The number of nitrogens with zero attached hydrogens (tertiary/aromatic N) is 3. The molecule has 0 aromatic carbocycles. The summed E-state index contributed by atoms with van der Waals surface area (Å²) < 4.78 is 13.0. The quantitative estimate of drug-likeness (QED) is 0.642. The fourth-order valence-electron chi connectivity index (χ4n) is 1.55. The molecule has 1 aromatic rings. The topological polar surface area (TPSA) is 64.3 Å². The lowest BCUT2D eigenvalue weighted by atomic mass is 10.4. The first-order chi connectivity index (χ1) is 6.09. The molecular formula is C7H11N3O2S. The Labute approximate surface area is 79.1 Å². The van der Waals surface area contributed by atoms with Crippen LogP contribution in [0.5, 0.6) is 0 Å². The summed E-state index contributed by atoms with van der Waals surface area (Å²) in [6.07, 6.45) is 1.61. The molecule has 0 amide bonds. The van der Waals surface area contributed by atoms with Crippen molar-refractivity contribution in [1.82, 2.24) is 14.6 Å². The van der Waals surface area contributed by atoms with Crippen LogP contribution in [0, 0.1) is 0 Å². The Morgan fingerprint density at radius 1 is 1.54 bits per heavy atom. The van der Waals surface area contributed by atoms with Gasteiger partial charge in [0.2, 0.25) is 0 Å². The van der Waals surface area contributed by atoms with E-state index in [2.05, 4.69) is 4.98 Å². The Balaban J connectivity index is 2.41. The van der Waals surface area contributed by atoms with Crippen LogP contribution in [0.1, 0.15) is 11.4 Å². The van der Waals surface area contributed by atoms with Crippen LogP contribution in [-0.4, -0.2) is 30.6 Å². The Morgan fingerprint density at radius 2 is 2.23 bits per heavy atom. The van der Waals surface area contributed by atoms with Crippen LogP contribution in [0.15, 0.2) is 5.16 Å². The second-order valence-corrected chi connectivity index (χ2v) is 4.40. The highest BCUT2D eigenvalue weighted by Gasteiger charge is 2.27. The zero-order valence-corrected chi connectivity index (χ0v) is 8.34. The first-order valence-corrected chi connectivity index (χ1v) is 5.47. The van der Waals surface area contributed by atoms with Gasteiger partial charge in [-0.2, -0.15) is 10.0 Å². The summed E-state index contributed by atoms with van der Waals surface area (Å²) in [4.78, 5) is 4.20. The largest absolute Gasteiger partial charge is 0.609 e. The van der Waals surface area contributed by atoms with E-state index in [1.54, 1.807) is 10.8 Å². The van der Waals surface area contributed by atoms with Gasteiger partial charge in [0, 0.05) is 18.2 Å². The van der Waals surface area contributed by atoms with Gasteiger partial charge in [0.15, 0.2) is 0 Å². The van der Waals surface area contributed by atoms with Crippen molar-refractivity contribution < 1.29 is 9.76 Å². The molecule has 5 nitrogen and oxygen atoms in total. The molecule has 1 atom stereocenters. The Bertz CT molecular complexity index is 337. The summed E-state index contributed by atoms with van der Waals surface area (Å²) in [5.74, 6) is 0. The lowest BCUT2D eigenvalue weighted by Crippen LogP contribution is -2.14. The molecular weight excluding hydrogens is 190 g/mol. The van der Waals surface area contributed by atoms with Gasteiger partial charge < -0.3 is 9.76 Å². The highest BCUT2D eigenvalue weighted by atomic mass is 32.2. The lowest BCUT2D eigenvalue weighted by molar-refractivity contribution is -0.0988. The standard InChI is InChI=1S/C7H11N3O2S/c1-9-6-4-10(11)3-5(6)8-7(9)13(2)12/h11H,3-4H2,1-2H3. The summed E-state index contributed by atoms with van der Waals surface area (Å²) in [5, 5.41) is 11.0. The molecule has 1 aliphatic heterocycles. The van der Waals surface area contributed by atoms with Crippen molar-refractivity contribution in [3.05, 3.63) is 11.4 Å². The molecule has 0 bridgehead atoms. The molecule has 0 saturated carbocycles. The van der Waals surface area contributed by atoms with Gasteiger partial charge in [-0.1, -0.05) is 0 Å². The molecule has 0 radical (unpaired) electrons. The first kappa shape index (κ1) is 9.01. The summed E-state index contributed by atoms with van der Waals surface area (Å²) in [6, 6.07) is 0. The minimum Gasteiger partial charge on any atom is -0.609 e. The van der Waals surface area contributed by atoms with Gasteiger partial charge in [0.25, 0.3) is 0 Å². The Morgan fingerprint density at radius 3 is 2.77 bits per heavy atom. The number of aromatic nitrogens is 2. The van der Waals surface area contributed by atoms with Crippen LogP contribution in [0.3, 0.4) is 0 Å². The van der Waals surface area contributed by atoms with Gasteiger partial charge in [-0.25, -0.2) is 0 Å². The molecule has 1 aliphatic rings. The molecule has 72 valence electrons. The van der Waals surface area contributed by atoms with Crippen molar-refractivity contribution in [2.75, 3.05) is 6.26 Å². The minimum absolute atomic E-state index is 0.431. The van der Waals surface area contributed by atoms with E-state index < -0.39 is 11.2 Å². The number of hydroxylamine groups is 2. The highest BCUT2D eigenvalue weighted by Crippen LogP contribution is 2.22. The van der Waals surface area contributed by atoms with Crippen molar-refractivity contribution in [3.63, 3.8) is 0 Å². The highest BCUT2D eigenvalue weighted by molar-refractivity contribution is 7.90. The van der Waals surface area contributed by atoms with E-state index in [9.17, 15) is 9.76 Å². The Kier molecular flexibility index (Phi) is 2.07. The monoisotopic (exact) mass is 201 g/mol. The molecule has 1 N–H and O–H groups in total. The molecule has 2 rings (SSSR count). The summed E-state index contributed by atoms with van der Waals surface area (Å²) in [7, 11) is 1.82. The van der Waals surface area contributed by atoms with E-state index in [0.29, 0.717) is 18.2 Å². The molecule has 13 heavy (non-hydrogen) atoms. The fourth-order valence-corrected chi connectivity index (χ4v) is 2.28. The van der Waals surface area contributed by atoms with Crippen molar-refractivity contribution in [2.24, 2.45) is 7.05 Å². The van der Waals surface area contributed by atoms with Crippen LogP contribution in [-0.2, 0) is 31.3 Å². The van der Waals surface area contributed by atoms with E-state index in [-0.39, 0.29) is 0 Å². The summed E-state index contributed by atoms with van der Waals surface area (Å²) >= 11 is -1.06. The molecule has 2 heterocycles. The Hall–Kier alpha value is -0.560. The normalized spacial score (nSPS) is 19.1. The zero-order chi connectivity index (χ0) is 9.59. The van der Waals surface area contributed by atoms with E-state index in [1.165, 1.54) is 5.06 Å². The third-order valence-corrected chi connectivity index (χ3v) is 3.06. The minimum atomic E-state index is -1.06. The van der Waals surface area contributed by atoms with Crippen LogP contribution >= 0.6 is 0 Å². The van der Waals surface area contributed by atoms with Gasteiger partial charge in [-0.05, 0) is 0 Å². The van der Waals surface area contributed by atoms with E-state index in [0.717, 1.165) is 11.4 Å². The molecule has 1 aromatic heterocycles. The van der Waals surface area contributed by atoms with Crippen molar-refractivity contribution in [2.45, 2.75) is 18.2 Å². The second-order valence-electron chi connectivity index (χ2n) is 3.12. The van der Waals surface area contributed by atoms with Gasteiger partial charge in [-0.3, -0.25) is 4.57 Å². The third-order valence-electron chi connectivity index (χ3n) is 2.18. The molecule has 0 spiro atoms. The SMILES string of the molecule is Cn1c([S+](C)[O-])nc2c1CN(O)C2. The van der Waals surface area contributed by atoms with E-state index in [4.69, 9.17) is 0 Å². The van der Waals surface area contributed by atoms with Gasteiger partial charge in [0.1, 0.15) is 6.26 Å². The average Bonchev–Trinajstić information content (AvgIpc) is 2.51. The van der Waals surface area contributed by atoms with Crippen LogP contribution in [0.25, 0.3) is 0 Å². The van der Waals surface area contributed by atoms with Crippen LogP contribution in [0.4, 0.5) is 0 Å². The third kappa shape index (κ3) is 1.35. The fraction of sp³-hybridized carbons (Fsp3) is 0.571. The second kappa shape index (κ2) is 2.98. The number of fused-ring (bicyclic) bond motifs is 1.